The molecule has 0 aromatic carbocycles. The molecule has 0 saturated carbocycles. The summed E-state index contributed by atoms with van der Waals surface area (Å²) in [5, 5.41) is 0.0839. The van der Waals surface area contributed by atoms with Gasteiger partial charge >= 0.3 is 11.9 Å². The molecule has 0 aromatic heterocycles. The van der Waals surface area contributed by atoms with Gasteiger partial charge in [0.05, 0.1) is 6.10 Å². The maximum absolute atomic E-state index is 11.3. The third-order valence-corrected chi connectivity index (χ3v) is 8.97. The predicted molar refractivity (Wildman–Crippen MR) is 91.6 cm³/mol. The van der Waals surface area contributed by atoms with Crippen LogP contribution in [0.15, 0.2) is 12.2 Å². The Kier molecular flexibility index (Phi) is 6.59. The van der Waals surface area contributed by atoms with E-state index in [1.54, 1.807) is 12.2 Å². The number of ether oxygens (including phenoxy) is 2. The van der Waals surface area contributed by atoms with Gasteiger partial charge in [0.15, 0.2) is 8.32 Å². The first-order valence-corrected chi connectivity index (χ1v) is 11.0. The highest BCUT2D eigenvalue weighted by atomic mass is 28.4. The van der Waals surface area contributed by atoms with Crippen molar-refractivity contribution in [3.8, 4) is 0 Å². The maximum Gasteiger partial charge on any atom is 0.303 e. The molecule has 0 bridgehead atoms. The Morgan fingerprint density at radius 1 is 0.957 bits per heavy atom. The Morgan fingerprint density at radius 2 is 1.35 bits per heavy atom. The van der Waals surface area contributed by atoms with E-state index in [9.17, 15) is 9.59 Å². The summed E-state index contributed by atoms with van der Waals surface area (Å²) in [6.45, 7) is 13.7. The zero-order valence-corrected chi connectivity index (χ0v) is 16.3. The Bertz CT molecular complexity index is 436. The minimum absolute atomic E-state index is 0.0839. The van der Waals surface area contributed by atoms with Gasteiger partial charge in [-0.15, -0.1) is 0 Å². The molecule has 23 heavy (non-hydrogen) atoms. The normalized spacial score (nSPS) is 25.6. The van der Waals surface area contributed by atoms with E-state index in [2.05, 4.69) is 33.9 Å². The van der Waals surface area contributed by atoms with Gasteiger partial charge < -0.3 is 13.9 Å². The molecular weight excluding hydrogens is 312 g/mol. The van der Waals surface area contributed by atoms with Crippen molar-refractivity contribution in [3.05, 3.63) is 12.2 Å². The van der Waals surface area contributed by atoms with E-state index in [1.165, 1.54) is 13.8 Å². The van der Waals surface area contributed by atoms with Gasteiger partial charge in [-0.25, -0.2) is 0 Å². The van der Waals surface area contributed by atoms with E-state index in [0.717, 1.165) is 0 Å². The maximum atomic E-state index is 11.3. The second-order valence-corrected chi connectivity index (χ2v) is 12.4. The fourth-order valence-electron chi connectivity index (χ4n) is 2.31. The van der Waals surface area contributed by atoms with Gasteiger partial charge in [-0.1, -0.05) is 20.8 Å². The van der Waals surface area contributed by atoms with Crippen molar-refractivity contribution in [2.75, 3.05) is 0 Å². The van der Waals surface area contributed by atoms with E-state index in [4.69, 9.17) is 13.9 Å². The second kappa shape index (κ2) is 7.62. The molecule has 0 saturated heterocycles. The van der Waals surface area contributed by atoms with E-state index >= 15 is 0 Å². The van der Waals surface area contributed by atoms with Gasteiger partial charge in [0.1, 0.15) is 12.2 Å². The Hall–Kier alpha value is -1.14. The van der Waals surface area contributed by atoms with E-state index in [-0.39, 0.29) is 35.3 Å². The Labute approximate surface area is 140 Å². The lowest BCUT2D eigenvalue weighted by atomic mass is 10.1. The number of esters is 2. The molecule has 0 radical (unpaired) electrons. The molecule has 5 nitrogen and oxygen atoms in total. The first kappa shape index (κ1) is 19.9. The standard InChI is InChI=1S/C17H30O5Si/c1-12(18)20-14-8-9-15(21-13(2)19)11-16(10-14)22-23(6,7)17(3,4)5/h8-9,14-16H,10-11H2,1-7H3/t14-,15+,16?. The van der Waals surface area contributed by atoms with Crippen LogP contribution in [0.2, 0.25) is 18.1 Å². The second-order valence-electron chi connectivity index (χ2n) is 7.65. The summed E-state index contributed by atoms with van der Waals surface area (Å²) in [5.41, 5.74) is 0. The van der Waals surface area contributed by atoms with E-state index < -0.39 is 8.32 Å². The quantitative estimate of drug-likeness (QED) is 0.444. The molecule has 0 heterocycles. The summed E-state index contributed by atoms with van der Waals surface area (Å²) < 4.78 is 17.1. The summed E-state index contributed by atoms with van der Waals surface area (Å²) >= 11 is 0. The molecule has 0 aromatic rings. The SMILES string of the molecule is CC(=O)O[C@@H]1C=C[C@H](OC(C)=O)CC(O[Si](C)(C)C(C)(C)C)C1. The van der Waals surface area contributed by atoms with Crippen LogP contribution in [0.5, 0.6) is 0 Å². The van der Waals surface area contributed by atoms with E-state index in [1.807, 2.05) is 0 Å². The van der Waals surface area contributed by atoms with Crippen molar-refractivity contribution in [2.24, 2.45) is 0 Å². The average Bonchev–Trinajstić information content (AvgIpc) is 2.48. The molecule has 0 N–H and O–H groups in total. The fourth-order valence-corrected chi connectivity index (χ4v) is 3.69. The number of carbonyl (C=O) groups excluding carboxylic acids is 2. The predicted octanol–water partition coefficient (Wildman–Crippen LogP) is 3.59. The fraction of sp³-hybridized carbons (Fsp3) is 0.765. The van der Waals surface area contributed by atoms with Crippen LogP contribution in [0.1, 0.15) is 47.5 Å². The lowest BCUT2D eigenvalue weighted by molar-refractivity contribution is -0.145. The average molecular weight is 343 g/mol. The van der Waals surface area contributed by atoms with Crippen LogP contribution in [0.3, 0.4) is 0 Å². The summed E-state index contributed by atoms with van der Waals surface area (Å²) in [4.78, 5) is 22.5. The summed E-state index contributed by atoms with van der Waals surface area (Å²) in [6, 6.07) is 0. The van der Waals surface area contributed by atoms with Crippen molar-refractivity contribution in [1.29, 1.82) is 0 Å². The highest BCUT2D eigenvalue weighted by molar-refractivity contribution is 6.74. The topological polar surface area (TPSA) is 61.8 Å². The van der Waals surface area contributed by atoms with Gasteiger partial charge in [0, 0.05) is 26.7 Å². The molecule has 0 aliphatic heterocycles. The highest BCUT2D eigenvalue weighted by Gasteiger charge is 2.40. The molecule has 0 fully saturated rings. The Balaban J connectivity index is 2.90. The van der Waals surface area contributed by atoms with Crippen LogP contribution < -0.4 is 0 Å². The van der Waals surface area contributed by atoms with Crippen LogP contribution in [0, 0.1) is 0 Å². The molecular formula is C17H30O5Si. The smallest absolute Gasteiger partial charge is 0.303 e. The van der Waals surface area contributed by atoms with Crippen LogP contribution in [-0.4, -0.2) is 38.6 Å². The third-order valence-electron chi connectivity index (χ3n) is 4.43. The number of rotatable bonds is 4. The molecule has 0 amide bonds. The van der Waals surface area contributed by atoms with Gasteiger partial charge in [-0.2, -0.15) is 0 Å². The molecule has 1 aliphatic carbocycles. The third kappa shape index (κ3) is 6.47. The summed E-state index contributed by atoms with van der Waals surface area (Å²) in [7, 11) is -1.96. The molecule has 1 rings (SSSR count). The highest BCUT2D eigenvalue weighted by Crippen LogP contribution is 2.38. The zero-order chi connectivity index (χ0) is 17.8. The molecule has 1 unspecified atom stereocenters. The van der Waals surface area contributed by atoms with Crippen LogP contribution in [-0.2, 0) is 23.5 Å². The number of hydrogen-bond acceptors (Lipinski definition) is 5. The van der Waals surface area contributed by atoms with Crippen molar-refractivity contribution >= 4 is 20.3 Å². The van der Waals surface area contributed by atoms with Crippen molar-refractivity contribution < 1.29 is 23.5 Å². The van der Waals surface area contributed by atoms with Crippen LogP contribution in [0.4, 0.5) is 0 Å². The largest absolute Gasteiger partial charge is 0.458 e. The summed E-state index contributed by atoms with van der Waals surface area (Å²) in [5.74, 6) is -0.645. The monoisotopic (exact) mass is 342 g/mol. The van der Waals surface area contributed by atoms with Gasteiger partial charge in [-0.05, 0) is 30.3 Å². The number of carbonyl (C=O) groups is 2. The van der Waals surface area contributed by atoms with Crippen molar-refractivity contribution in [1.82, 2.24) is 0 Å². The lowest BCUT2D eigenvalue weighted by Gasteiger charge is -2.40. The first-order valence-electron chi connectivity index (χ1n) is 8.11. The van der Waals surface area contributed by atoms with Crippen molar-refractivity contribution in [2.45, 2.75) is 83.9 Å². The van der Waals surface area contributed by atoms with Crippen LogP contribution >= 0.6 is 0 Å². The van der Waals surface area contributed by atoms with E-state index in [0.29, 0.717) is 12.8 Å². The van der Waals surface area contributed by atoms with Gasteiger partial charge in [0.25, 0.3) is 0 Å². The summed E-state index contributed by atoms with van der Waals surface area (Å²) in [6.07, 6.45) is 3.96. The van der Waals surface area contributed by atoms with Gasteiger partial charge in [-0.3, -0.25) is 9.59 Å². The number of hydrogen-bond donors (Lipinski definition) is 0. The first-order chi connectivity index (χ1) is 10.4. The lowest BCUT2D eigenvalue weighted by Crippen LogP contribution is -2.45. The molecule has 1 aliphatic rings. The molecule has 0 spiro atoms. The van der Waals surface area contributed by atoms with Gasteiger partial charge in [0.2, 0.25) is 0 Å². The molecule has 3 atom stereocenters. The minimum Gasteiger partial charge on any atom is -0.458 e. The van der Waals surface area contributed by atoms with Crippen molar-refractivity contribution in [3.63, 3.8) is 0 Å². The Morgan fingerprint density at radius 3 is 1.65 bits per heavy atom. The minimum atomic E-state index is -1.96. The van der Waals surface area contributed by atoms with Crippen LogP contribution in [0.25, 0.3) is 0 Å². The molecule has 132 valence electrons. The zero-order valence-electron chi connectivity index (χ0n) is 15.3. The molecule has 6 heteroatoms.